The zero-order chi connectivity index (χ0) is 27.4. The number of ether oxygens (including phenoxy) is 1. The number of unbranched alkanes of at least 4 members (excludes halogenated alkanes) is 1. The third kappa shape index (κ3) is 8.19. The molecule has 0 aliphatic rings. The van der Waals surface area contributed by atoms with Crippen molar-refractivity contribution >= 4 is 16.9 Å². The molecule has 0 amide bonds. The number of allylic oxidation sites excluding steroid dienone is 7. The van der Waals surface area contributed by atoms with Crippen molar-refractivity contribution in [3.8, 4) is 11.8 Å². The molecule has 0 saturated heterocycles. The van der Waals surface area contributed by atoms with Gasteiger partial charge in [-0.1, -0.05) is 88.8 Å². The topological polar surface area (TPSA) is 50.1 Å². The van der Waals surface area contributed by atoms with E-state index in [4.69, 9.17) is 4.74 Å². The molecule has 2 rings (SSSR count). The summed E-state index contributed by atoms with van der Waals surface area (Å²) in [7, 11) is 0. The first-order valence-corrected chi connectivity index (χ1v) is 13.3. The Morgan fingerprint density at radius 3 is 2.24 bits per heavy atom. The average molecular weight is 496 g/mol. The van der Waals surface area contributed by atoms with Gasteiger partial charge in [0.15, 0.2) is 5.78 Å². The van der Waals surface area contributed by atoms with Crippen LogP contribution in [0.25, 0.3) is 11.1 Å². The summed E-state index contributed by atoms with van der Waals surface area (Å²) in [4.78, 5) is 11.9. The molecule has 0 saturated carbocycles. The van der Waals surface area contributed by atoms with Crippen LogP contribution in [-0.2, 0) is 0 Å². The Balaban J connectivity index is 2.39. The molecule has 0 aliphatic heterocycles. The Labute approximate surface area is 223 Å². The molecule has 3 heteroatoms. The number of benzene rings is 2. The number of carbonyl (C=O) groups excluding carboxylic acids is 1. The highest BCUT2D eigenvalue weighted by molar-refractivity contribution is 5.96. The molecule has 0 spiro atoms. The Hall–Kier alpha value is -3.64. The Morgan fingerprint density at radius 1 is 1.03 bits per heavy atom. The van der Waals surface area contributed by atoms with Gasteiger partial charge in [0.25, 0.3) is 0 Å². The van der Waals surface area contributed by atoms with Crippen LogP contribution in [0.4, 0.5) is 0 Å². The molecule has 0 heterocycles. The number of nitriles is 1. The fraction of sp³-hybridized carbons (Fsp3) is 0.353. The lowest BCUT2D eigenvalue weighted by Crippen LogP contribution is -2.15. The van der Waals surface area contributed by atoms with Crippen molar-refractivity contribution in [2.75, 3.05) is 0 Å². The zero-order valence-corrected chi connectivity index (χ0v) is 23.4. The lowest BCUT2D eigenvalue weighted by atomic mass is 9.92. The molecule has 194 valence electrons. The van der Waals surface area contributed by atoms with Gasteiger partial charge in [-0.05, 0) is 79.2 Å². The summed E-state index contributed by atoms with van der Waals surface area (Å²) in [5.74, 6) is 0.796. The molecule has 3 nitrogen and oxygen atoms in total. The predicted molar refractivity (Wildman–Crippen MR) is 157 cm³/mol. The number of nitrogens with zero attached hydrogens (tertiary/aromatic N) is 1. The Bertz CT molecular complexity index is 1220. The monoisotopic (exact) mass is 495 g/mol. The van der Waals surface area contributed by atoms with Crippen LogP contribution in [0.3, 0.4) is 0 Å². The lowest BCUT2D eigenvalue weighted by molar-refractivity contribution is 0.0988. The molecule has 0 radical (unpaired) electrons. The summed E-state index contributed by atoms with van der Waals surface area (Å²) < 4.78 is 6.22. The Kier molecular flexibility index (Phi) is 11.8. The quantitative estimate of drug-likeness (QED) is 0.205. The van der Waals surface area contributed by atoms with E-state index in [0.29, 0.717) is 17.7 Å². The van der Waals surface area contributed by atoms with Gasteiger partial charge in [-0.3, -0.25) is 4.79 Å². The lowest BCUT2D eigenvalue weighted by Gasteiger charge is -2.19. The fourth-order valence-electron chi connectivity index (χ4n) is 4.25. The highest BCUT2D eigenvalue weighted by atomic mass is 16.5. The molecule has 0 fully saturated rings. The molecular weight excluding hydrogens is 454 g/mol. The first-order chi connectivity index (χ1) is 17.8. The molecule has 37 heavy (non-hydrogen) atoms. The maximum absolute atomic E-state index is 11.9. The number of carbonyl (C=O) groups is 1. The minimum Gasteiger partial charge on any atom is -0.489 e. The van der Waals surface area contributed by atoms with Gasteiger partial charge in [0.05, 0.1) is 11.7 Å². The first-order valence-electron chi connectivity index (χ1n) is 13.3. The molecule has 0 bridgehead atoms. The fourth-order valence-corrected chi connectivity index (χ4v) is 4.25. The molecule has 1 unspecified atom stereocenters. The molecule has 0 aromatic heterocycles. The summed E-state index contributed by atoms with van der Waals surface area (Å²) >= 11 is 0. The maximum Gasteiger partial charge on any atom is 0.162 e. The van der Waals surface area contributed by atoms with Crippen molar-refractivity contribution in [2.45, 2.75) is 79.8 Å². The van der Waals surface area contributed by atoms with Crippen LogP contribution in [-0.4, -0.2) is 11.9 Å². The van der Waals surface area contributed by atoms with E-state index in [-0.39, 0.29) is 11.9 Å². The van der Waals surface area contributed by atoms with Crippen LogP contribution in [0, 0.1) is 11.3 Å². The minimum atomic E-state index is 0.118. The predicted octanol–water partition coefficient (Wildman–Crippen LogP) is 9.51. The van der Waals surface area contributed by atoms with Crippen molar-refractivity contribution in [1.82, 2.24) is 0 Å². The van der Waals surface area contributed by atoms with Crippen molar-refractivity contribution in [3.63, 3.8) is 0 Å². The van der Waals surface area contributed by atoms with Gasteiger partial charge in [0, 0.05) is 12.0 Å². The SMILES string of the molecule is C=C\C=C(/C(C)=C(C)/C=C(\C)c1ccc(C(=O)CC)cc1)c1ccc(OC(CC)CCCC)c(C#N)c1. The van der Waals surface area contributed by atoms with E-state index in [9.17, 15) is 10.1 Å². The second-order valence-electron chi connectivity index (χ2n) is 9.42. The molecule has 1 atom stereocenters. The summed E-state index contributed by atoms with van der Waals surface area (Å²) in [6.07, 6.45) is 10.7. The van der Waals surface area contributed by atoms with Crippen molar-refractivity contribution < 1.29 is 9.53 Å². The van der Waals surface area contributed by atoms with Crippen molar-refractivity contribution in [1.29, 1.82) is 5.26 Å². The van der Waals surface area contributed by atoms with E-state index in [2.05, 4.69) is 53.3 Å². The molecule has 0 N–H and O–H groups in total. The van der Waals surface area contributed by atoms with E-state index in [1.165, 1.54) is 0 Å². The third-order valence-corrected chi connectivity index (χ3v) is 6.74. The van der Waals surface area contributed by atoms with Crippen LogP contribution < -0.4 is 4.74 Å². The highest BCUT2D eigenvalue weighted by Crippen LogP contribution is 2.31. The average Bonchev–Trinajstić information content (AvgIpc) is 2.93. The van der Waals surface area contributed by atoms with Crippen LogP contribution in [0.15, 0.2) is 78.4 Å². The first kappa shape index (κ1) is 29.6. The summed E-state index contributed by atoms with van der Waals surface area (Å²) in [6, 6.07) is 16.0. The molecular formula is C34H41NO2. The van der Waals surface area contributed by atoms with E-state index in [1.54, 1.807) is 6.08 Å². The molecule has 0 aliphatic carbocycles. The zero-order valence-electron chi connectivity index (χ0n) is 23.4. The second-order valence-corrected chi connectivity index (χ2v) is 9.42. The minimum absolute atomic E-state index is 0.118. The van der Waals surface area contributed by atoms with E-state index >= 15 is 0 Å². The van der Waals surface area contributed by atoms with E-state index < -0.39 is 0 Å². The third-order valence-electron chi connectivity index (χ3n) is 6.74. The second kappa shape index (κ2) is 14.8. The number of rotatable bonds is 13. The van der Waals surface area contributed by atoms with Crippen LogP contribution in [0.2, 0.25) is 0 Å². The van der Waals surface area contributed by atoms with Gasteiger partial charge < -0.3 is 4.74 Å². The normalized spacial score (nSPS) is 13.4. The van der Waals surface area contributed by atoms with Gasteiger partial charge in [-0.2, -0.15) is 5.26 Å². The van der Waals surface area contributed by atoms with Crippen LogP contribution in [0.5, 0.6) is 5.75 Å². The molecule has 2 aromatic rings. The number of hydrogen-bond acceptors (Lipinski definition) is 3. The standard InChI is InChI=1S/C34H41NO2/c1-8-12-14-31(10-3)37-34-20-19-29(22-30(34)23-35)32(13-9-2)26(7)24(5)21-25(6)27-15-17-28(18-16-27)33(36)11-4/h9,13,15-22,31H,2,8,10-12,14H2,1,3-7H3/b25-21+,26-24+,32-13+. The number of Topliss-reactive ketones (excluding diaryl/α,β-unsaturated/α-hetero) is 1. The van der Waals surface area contributed by atoms with Gasteiger partial charge in [-0.15, -0.1) is 0 Å². The smallest absolute Gasteiger partial charge is 0.162 e. The Morgan fingerprint density at radius 2 is 1.68 bits per heavy atom. The highest BCUT2D eigenvalue weighted by Gasteiger charge is 2.14. The van der Waals surface area contributed by atoms with Gasteiger partial charge in [0.2, 0.25) is 0 Å². The van der Waals surface area contributed by atoms with Gasteiger partial charge in [-0.25, -0.2) is 0 Å². The maximum atomic E-state index is 11.9. The largest absolute Gasteiger partial charge is 0.489 e. The summed E-state index contributed by atoms with van der Waals surface area (Å²) in [5, 5.41) is 9.87. The van der Waals surface area contributed by atoms with Crippen LogP contribution >= 0.6 is 0 Å². The number of hydrogen-bond donors (Lipinski definition) is 0. The summed E-state index contributed by atoms with van der Waals surface area (Å²) in [5.41, 5.74) is 7.67. The van der Waals surface area contributed by atoms with Crippen molar-refractivity contribution in [3.05, 3.63) is 101 Å². The van der Waals surface area contributed by atoms with Crippen molar-refractivity contribution in [2.24, 2.45) is 0 Å². The number of ketones is 1. The van der Waals surface area contributed by atoms with E-state index in [1.807, 2.05) is 55.5 Å². The van der Waals surface area contributed by atoms with Crippen LogP contribution in [0.1, 0.15) is 101 Å². The summed E-state index contributed by atoms with van der Waals surface area (Å²) in [6.45, 7) is 16.3. The molecule has 2 aromatic carbocycles. The van der Waals surface area contributed by atoms with Gasteiger partial charge >= 0.3 is 0 Å². The van der Waals surface area contributed by atoms with E-state index in [0.717, 1.165) is 64.7 Å². The van der Waals surface area contributed by atoms with Gasteiger partial charge in [0.1, 0.15) is 11.8 Å².